The van der Waals surface area contributed by atoms with Crippen molar-refractivity contribution in [3.63, 3.8) is 0 Å². The monoisotopic (exact) mass is 1430 g/mol. The van der Waals surface area contributed by atoms with Crippen LogP contribution in [0.4, 0.5) is 37.3 Å². The second-order valence-corrected chi connectivity index (χ2v) is 29.4. The smallest absolute Gasteiger partial charge is 0.419 e. The van der Waals surface area contributed by atoms with Gasteiger partial charge in [-0.1, -0.05) is 135 Å². The minimum Gasteiger partial charge on any atom is -0.506 e. The number of nitriles is 1. The zero-order valence-corrected chi connectivity index (χ0v) is 60.4. The molecule has 0 saturated carbocycles. The first-order valence-electron chi connectivity index (χ1n) is 31.4. The number of ketones is 1. The van der Waals surface area contributed by atoms with Gasteiger partial charge >= 0.3 is 17.4 Å². The molecule has 6 amide bonds. The second kappa shape index (κ2) is 33.5. The predicted octanol–water partition coefficient (Wildman–Crippen LogP) is 14.0. The van der Waals surface area contributed by atoms with Crippen molar-refractivity contribution >= 4 is 106 Å². The van der Waals surface area contributed by atoms with Gasteiger partial charge in [-0.25, -0.2) is 40.8 Å². The highest BCUT2D eigenvalue weighted by atomic mass is 32.2. The molecule has 0 aliphatic heterocycles. The lowest BCUT2D eigenvalue weighted by Crippen LogP contribution is -2.49. The van der Waals surface area contributed by atoms with Gasteiger partial charge in [-0.3, -0.25) is 33.6 Å². The molecule has 0 fully saturated rings. The van der Waals surface area contributed by atoms with Gasteiger partial charge in [0.1, 0.15) is 35.1 Å². The van der Waals surface area contributed by atoms with Crippen LogP contribution in [0.5, 0.6) is 17.2 Å². The second-order valence-electron chi connectivity index (χ2n) is 24.9. The van der Waals surface area contributed by atoms with E-state index in [9.17, 15) is 60.8 Å². The summed E-state index contributed by atoms with van der Waals surface area (Å²) in [5.74, 6) is -2.48. The van der Waals surface area contributed by atoms with Crippen LogP contribution in [0.3, 0.4) is 0 Å². The van der Waals surface area contributed by atoms with Crippen LogP contribution in [0.15, 0.2) is 193 Å². The van der Waals surface area contributed by atoms with Crippen molar-refractivity contribution < 1.29 is 65.0 Å². The number of nitrogens with one attached hydrogen (secondary N) is 4. The third kappa shape index (κ3) is 21.4. The van der Waals surface area contributed by atoms with Gasteiger partial charge in [0.25, 0.3) is 11.8 Å². The quantitative estimate of drug-likeness (QED) is 0.0394. The minimum atomic E-state index is -3.71. The molecule has 9 rings (SSSR count). The van der Waals surface area contributed by atoms with E-state index in [-0.39, 0.29) is 51.9 Å². The predicted molar refractivity (Wildman–Crippen MR) is 394 cm³/mol. The summed E-state index contributed by atoms with van der Waals surface area (Å²) < 4.78 is 63.2. The molecule has 5 N–H and O–H groups in total. The number of benzene rings is 8. The first-order chi connectivity index (χ1) is 47.5. The molecule has 1 unspecified atom stereocenters. The average molecular weight is 1430 g/mol. The topological polar surface area (TPSA) is 313 Å². The van der Waals surface area contributed by atoms with Crippen LogP contribution in [0.1, 0.15) is 83.2 Å². The molecule has 26 heteroatoms. The number of Topliss-reactive ketones (excluding diaryl/α,β-unsaturated/α-hetero) is 1. The number of amides is 6. The van der Waals surface area contributed by atoms with E-state index in [1.54, 1.807) is 113 Å². The number of anilines is 4. The fourth-order valence-electron chi connectivity index (χ4n) is 9.89. The Morgan fingerprint density at radius 1 is 0.644 bits per heavy atom. The Hall–Kier alpha value is -11.3. The maximum atomic E-state index is 13.3. The summed E-state index contributed by atoms with van der Waals surface area (Å²) >= 11 is 1.01. The fraction of sp³-hybridized carbons (Fsp3) is 0.227. The van der Waals surface area contributed by atoms with Gasteiger partial charge < -0.3 is 30.1 Å². The molecule has 526 valence electrons. The van der Waals surface area contributed by atoms with Crippen molar-refractivity contribution in [2.45, 2.75) is 73.3 Å². The molecule has 0 aliphatic rings. The summed E-state index contributed by atoms with van der Waals surface area (Å²) in [7, 11) is -4.32. The molecular weight excluding hydrogens is 1350 g/mol. The molecule has 0 spiro atoms. The molecule has 8 aromatic carbocycles. The number of nitrogens with zero attached hydrogens (tertiary/aromatic N) is 5. The van der Waals surface area contributed by atoms with E-state index in [0.717, 1.165) is 51.4 Å². The molecule has 0 bridgehead atoms. The van der Waals surface area contributed by atoms with Crippen LogP contribution in [-0.2, 0) is 29.6 Å². The van der Waals surface area contributed by atoms with E-state index in [4.69, 9.17) is 9.47 Å². The maximum absolute atomic E-state index is 13.3. The molecule has 0 radical (unpaired) electrons. The SMILES string of the molecule is Cc1ccc(C)c(NC(=O)C(CN(C(=O)Oc2ccccc2)C(C)C)C(=O)C(C)(C)C)c1.Cc1ccc(OC(=O)N(C)c2cccc3c(O)c(C(=O)Nc4ccc(C(=O)NS(C)(=O)=O)cc4)ccc23)cc1.Cc1ccc(SC(=O)N(C)n2cc(C#N)c(-c3ccccc3)c2NS(C)(=O)=O)cc1. The van der Waals surface area contributed by atoms with Crippen LogP contribution in [0.2, 0.25) is 0 Å². The lowest BCUT2D eigenvalue weighted by atomic mass is 9.82. The molecular formula is C75H79N9O14S3. The number of phenols is 1. The van der Waals surface area contributed by atoms with E-state index in [0.29, 0.717) is 50.5 Å². The van der Waals surface area contributed by atoms with E-state index >= 15 is 0 Å². The van der Waals surface area contributed by atoms with Gasteiger partial charge in [0.15, 0.2) is 5.78 Å². The molecule has 1 heterocycles. The highest BCUT2D eigenvalue weighted by molar-refractivity contribution is 8.13. The maximum Gasteiger partial charge on any atom is 0.419 e. The Bertz CT molecular complexity index is 4810. The first kappa shape index (κ1) is 77.1. The summed E-state index contributed by atoms with van der Waals surface area (Å²) in [6, 6.07) is 53.4. The minimum absolute atomic E-state index is 0.0107. The highest BCUT2D eigenvalue weighted by Gasteiger charge is 2.38. The number of thioether (sulfide) groups is 1. The number of carbonyl (C=O) groups excluding carboxylic acids is 7. The van der Waals surface area contributed by atoms with E-state index in [2.05, 4.69) is 21.4 Å². The van der Waals surface area contributed by atoms with Crippen molar-refractivity contribution in [3.8, 4) is 34.4 Å². The van der Waals surface area contributed by atoms with Crippen LogP contribution in [0, 0.1) is 50.4 Å². The number of ether oxygens (including phenoxy) is 2. The lowest BCUT2D eigenvalue weighted by Gasteiger charge is -2.31. The Kier molecular flexibility index (Phi) is 25.6. The zero-order valence-electron chi connectivity index (χ0n) is 58.0. The summed E-state index contributed by atoms with van der Waals surface area (Å²) in [5.41, 5.74) is 6.08. The van der Waals surface area contributed by atoms with E-state index in [1.165, 1.54) is 63.1 Å². The van der Waals surface area contributed by atoms with Crippen LogP contribution in [0.25, 0.3) is 21.9 Å². The number of aryl methyl sites for hydroxylation is 4. The standard InChI is InChI=1S/C28H25N3O7S.C26H34N2O4.C21H20N4O3S2/c1-17-7-13-20(14-8-17)38-28(35)31(2)24-6-4-5-22-21(24)15-16-23(25(22)32)27(34)29-19-11-9-18(10-12-19)26(33)30-39(3,36)37;1-17(2)28(25(31)32-20-11-9-8-10-12-20)16-21(23(29)26(5,6)7)24(30)27-22-15-18(3)13-14-19(22)4;1-15-9-11-18(12-10-15)29-21(26)24(2)25-14-17(13-22)19(16-7-5-4-6-8-16)20(25)23-30(3,27)28/h4-16,32H,1-3H3,(H,29,34)(H,30,33);8-15,17,21H,16H2,1-7H3,(H,27,30);4-12,14,23H,1-3H3. The first-order valence-corrected chi connectivity index (χ1v) is 36.0. The van der Waals surface area contributed by atoms with Gasteiger partial charge in [0.2, 0.25) is 26.0 Å². The van der Waals surface area contributed by atoms with E-state index < -0.39 is 61.3 Å². The third-order valence-electron chi connectivity index (χ3n) is 15.3. The largest absolute Gasteiger partial charge is 0.506 e. The molecule has 23 nitrogen and oxygen atoms in total. The van der Waals surface area contributed by atoms with Crippen molar-refractivity contribution in [2.75, 3.05) is 58.4 Å². The molecule has 9 aromatic rings. The van der Waals surface area contributed by atoms with Crippen molar-refractivity contribution in [1.82, 2.24) is 14.3 Å². The Morgan fingerprint density at radius 2 is 1.22 bits per heavy atom. The van der Waals surface area contributed by atoms with Crippen LogP contribution < -0.4 is 39.5 Å². The van der Waals surface area contributed by atoms with E-state index in [1.807, 2.05) is 113 Å². The third-order valence-corrected chi connectivity index (χ3v) is 17.3. The Morgan fingerprint density at radius 3 is 1.79 bits per heavy atom. The summed E-state index contributed by atoms with van der Waals surface area (Å²) in [4.78, 5) is 93.4. The van der Waals surface area contributed by atoms with Crippen LogP contribution in [-0.4, -0.2) is 112 Å². The van der Waals surface area contributed by atoms with Gasteiger partial charge in [-0.05, 0) is 149 Å². The number of carbonyl (C=O) groups is 7. The summed E-state index contributed by atoms with van der Waals surface area (Å²) in [6.45, 7) is 16.6. The molecule has 0 aliphatic carbocycles. The van der Waals surface area contributed by atoms with Gasteiger partial charge in [0.05, 0.1) is 29.3 Å². The number of hydrogen-bond donors (Lipinski definition) is 5. The normalized spacial score (nSPS) is 11.4. The number of rotatable bonds is 18. The number of aromatic nitrogens is 1. The molecule has 0 saturated heterocycles. The highest BCUT2D eigenvalue weighted by Crippen LogP contribution is 2.37. The Labute approximate surface area is 592 Å². The van der Waals surface area contributed by atoms with Gasteiger partial charge in [-0.15, -0.1) is 0 Å². The molecule has 101 heavy (non-hydrogen) atoms. The fourth-order valence-corrected chi connectivity index (χ4v) is 11.6. The summed E-state index contributed by atoms with van der Waals surface area (Å²) in [5, 5.41) is 27.9. The number of fused-ring (bicyclic) bond motifs is 1. The zero-order chi connectivity index (χ0) is 74.3. The Balaban J connectivity index is 0.000000215. The van der Waals surface area contributed by atoms with Crippen LogP contribution >= 0.6 is 11.8 Å². The summed E-state index contributed by atoms with van der Waals surface area (Å²) in [6.07, 6.45) is 2.12. The number of sulfonamides is 2. The number of aromatic hydroxyl groups is 1. The number of phenolic OH excluding ortho intramolecular Hbond substituents is 1. The number of para-hydroxylation sites is 1. The lowest BCUT2D eigenvalue weighted by molar-refractivity contribution is -0.137. The van der Waals surface area contributed by atoms with Crippen molar-refractivity contribution in [2.24, 2.45) is 11.3 Å². The molecule has 1 atom stereocenters. The number of hydrogen-bond acceptors (Lipinski definition) is 16. The molecule has 1 aromatic heterocycles. The van der Waals surface area contributed by atoms with Crippen molar-refractivity contribution in [1.29, 1.82) is 5.26 Å². The average Bonchev–Trinajstić information content (AvgIpc) is 1.76. The van der Waals surface area contributed by atoms with Gasteiger partial charge in [-0.2, -0.15) is 5.26 Å². The van der Waals surface area contributed by atoms with Gasteiger partial charge in [0, 0.05) is 76.5 Å². The van der Waals surface area contributed by atoms with Crippen molar-refractivity contribution in [3.05, 3.63) is 227 Å².